The lowest BCUT2D eigenvalue weighted by Gasteiger charge is -2.33. The highest BCUT2D eigenvalue weighted by molar-refractivity contribution is 5.82. The largest absolute Gasteiger partial charge is 0.382 e. The molecule has 5 nitrogen and oxygen atoms in total. The maximum absolute atomic E-state index is 12.2. The van der Waals surface area contributed by atoms with E-state index in [4.69, 9.17) is 9.47 Å². The van der Waals surface area contributed by atoms with E-state index in [1.54, 1.807) is 7.11 Å². The maximum atomic E-state index is 12.2. The Balaban J connectivity index is 2.19. The topological polar surface area (TPSA) is 50.8 Å². The van der Waals surface area contributed by atoms with E-state index in [9.17, 15) is 4.79 Å². The number of rotatable bonds is 9. The Morgan fingerprint density at radius 1 is 1.37 bits per heavy atom. The minimum atomic E-state index is 0.00293. The van der Waals surface area contributed by atoms with Gasteiger partial charge in [0.2, 0.25) is 5.91 Å². The van der Waals surface area contributed by atoms with Crippen LogP contribution in [0.15, 0.2) is 0 Å². The number of hydrogen-bond acceptors (Lipinski definition) is 4. The maximum Gasteiger partial charge on any atom is 0.239 e. The number of methoxy groups -OCH3 is 1. The smallest absolute Gasteiger partial charge is 0.239 e. The van der Waals surface area contributed by atoms with E-state index < -0.39 is 0 Å². The fourth-order valence-electron chi connectivity index (χ4n) is 2.32. The van der Waals surface area contributed by atoms with Gasteiger partial charge in [0.15, 0.2) is 0 Å². The summed E-state index contributed by atoms with van der Waals surface area (Å²) in [6.07, 6.45) is 2.93. The second kappa shape index (κ2) is 9.28. The van der Waals surface area contributed by atoms with Crippen molar-refractivity contribution in [3.63, 3.8) is 0 Å². The number of amides is 1. The number of piperidine rings is 1. The van der Waals surface area contributed by atoms with Crippen LogP contribution in [0.3, 0.4) is 0 Å². The Morgan fingerprint density at radius 3 is 2.84 bits per heavy atom. The Hall–Kier alpha value is -0.650. The molecule has 0 spiro atoms. The third-order valence-electron chi connectivity index (χ3n) is 3.21. The molecular weight excluding hydrogens is 244 g/mol. The molecule has 0 saturated carbocycles. The molecule has 0 aromatic carbocycles. The van der Waals surface area contributed by atoms with E-state index in [1.807, 2.05) is 4.90 Å². The zero-order valence-corrected chi connectivity index (χ0v) is 12.5. The van der Waals surface area contributed by atoms with E-state index in [2.05, 4.69) is 19.2 Å². The third kappa shape index (κ3) is 6.36. The molecule has 1 atom stereocenters. The second-order valence-electron chi connectivity index (χ2n) is 5.30. The Morgan fingerprint density at radius 2 is 2.16 bits per heavy atom. The molecule has 1 unspecified atom stereocenters. The van der Waals surface area contributed by atoms with Gasteiger partial charge in [0, 0.05) is 32.8 Å². The van der Waals surface area contributed by atoms with Crippen molar-refractivity contribution < 1.29 is 14.3 Å². The molecule has 0 aromatic heterocycles. The van der Waals surface area contributed by atoms with Crippen LogP contribution >= 0.6 is 0 Å². The van der Waals surface area contributed by atoms with Crippen molar-refractivity contribution in [1.82, 2.24) is 10.2 Å². The fraction of sp³-hybridized carbons (Fsp3) is 0.929. The molecule has 1 aliphatic rings. The first-order valence-corrected chi connectivity index (χ1v) is 7.26. The molecule has 1 amide bonds. The summed E-state index contributed by atoms with van der Waals surface area (Å²) in [6.45, 7) is 7.78. The summed E-state index contributed by atoms with van der Waals surface area (Å²) < 4.78 is 10.3. The average Bonchev–Trinajstić information content (AvgIpc) is 2.37. The molecule has 0 aromatic rings. The zero-order valence-electron chi connectivity index (χ0n) is 12.5. The standard InChI is InChI=1S/C14H28N2O3/c1-12(2)15-13-6-4-7-16(14(13)17)8-5-9-19-11-10-18-3/h12-13,15H,4-11H2,1-3H3. The van der Waals surface area contributed by atoms with Crippen molar-refractivity contribution in [3.8, 4) is 0 Å². The van der Waals surface area contributed by atoms with Gasteiger partial charge in [-0.15, -0.1) is 0 Å². The van der Waals surface area contributed by atoms with Crippen LogP contribution in [-0.2, 0) is 14.3 Å². The van der Waals surface area contributed by atoms with Gasteiger partial charge < -0.3 is 19.7 Å². The van der Waals surface area contributed by atoms with Gasteiger partial charge in [0.1, 0.15) is 0 Å². The van der Waals surface area contributed by atoms with Crippen LogP contribution in [0.1, 0.15) is 33.1 Å². The highest BCUT2D eigenvalue weighted by Gasteiger charge is 2.28. The lowest BCUT2D eigenvalue weighted by atomic mass is 10.0. The fourth-order valence-corrected chi connectivity index (χ4v) is 2.32. The van der Waals surface area contributed by atoms with Gasteiger partial charge in [-0.05, 0) is 19.3 Å². The van der Waals surface area contributed by atoms with Crippen molar-refractivity contribution in [3.05, 3.63) is 0 Å². The first kappa shape index (κ1) is 16.4. The Bertz CT molecular complexity index is 259. The van der Waals surface area contributed by atoms with Gasteiger partial charge in [-0.1, -0.05) is 13.8 Å². The van der Waals surface area contributed by atoms with E-state index in [0.29, 0.717) is 25.9 Å². The second-order valence-corrected chi connectivity index (χ2v) is 5.30. The Kier molecular flexibility index (Phi) is 8.02. The molecule has 112 valence electrons. The van der Waals surface area contributed by atoms with Crippen molar-refractivity contribution >= 4 is 5.91 Å². The van der Waals surface area contributed by atoms with Crippen LogP contribution in [0.25, 0.3) is 0 Å². The number of likely N-dealkylation sites (tertiary alicyclic amines) is 1. The number of hydrogen-bond donors (Lipinski definition) is 1. The normalized spacial score (nSPS) is 20.3. The number of nitrogens with one attached hydrogen (secondary N) is 1. The molecule has 0 bridgehead atoms. The quantitative estimate of drug-likeness (QED) is 0.637. The molecule has 1 heterocycles. The average molecular weight is 272 g/mol. The predicted octanol–water partition coefficient (Wildman–Crippen LogP) is 1.03. The van der Waals surface area contributed by atoms with Gasteiger partial charge in [0.05, 0.1) is 19.3 Å². The number of carbonyl (C=O) groups is 1. The Labute approximate surface area is 116 Å². The van der Waals surface area contributed by atoms with Crippen LogP contribution < -0.4 is 5.32 Å². The third-order valence-corrected chi connectivity index (χ3v) is 3.21. The molecule has 1 aliphatic heterocycles. The lowest BCUT2D eigenvalue weighted by molar-refractivity contribution is -0.136. The summed E-state index contributed by atoms with van der Waals surface area (Å²) in [5.74, 6) is 0.247. The summed E-state index contributed by atoms with van der Waals surface area (Å²) in [5, 5.41) is 3.34. The van der Waals surface area contributed by atoms with Gasteiger partial charge in [-0.3, -0.25) is 4.79 Å². The first-order valence-electron chi connectivity index (χ1n) is 7.26. The lowest BCUT2D eigenvalue weighted by Crippen LogP contribution is -2.52. The van der Waals surface area contributed by atoms with Crippen molar-refractivity contribution in [2.75, 3.05) is 40.0 Å². The number of carbonyl (C=O) groups excluding carboxylic acids is 1. The molecule has 0 radical (unpaired) electrons. The van der Waals surface area contributed by atoms with Gasteiger partial charge in [0.25, 0.3) is 0 Å². The molecule has 19 heavy (non-hydrogen) atoms. The summed E-state index contributed by atoms with van der Waals surface area (Å²) in [4.78, 5) is 14.2. The summed E-state index contributed by atoms with van der Waals surface area (Å²) in [7, 11) is 1.66. The molecule has 1 saturated heterocycles. The van der Waals surface area contributed by atoms with Crippen LogP contribution in [-0.4, -0.2) is 62.9 Å². The first-order chi connectivity index (χ1) is 9.15. The summed E-state index contributed by atoms with van der Waals surface area (Å²) in [6, 6.07) is 0.356. The summed E-state index contributed by atoms with van der Waals surface area (Å²) >= 11 is 0. The highest BCUT2D eigenvalue weighted by atomic mass is 16.5. The molecular formula is C14H28N2O3. The molecule has 0 aliphatic carbocycles. The molecule has 1 fully saturated rings. The summed E-state index contributed by atoms with van der Waals surface area (Å²) in [5.41, 5.74) is 0. The van der Waals surface area contributed by atoms with Crippen LogP contribution in [0.5, 0.6) is 0 Å². The predicted molar refractivity (Wildman–Crippen MR) is 75.2 cm³/mol. The zero-order chi connectivity index (χ0) is 14.1. The van der Waals surface area contributed by atoms with Gasteiger partial charge in [-0.2, -0.15) is 0 Å². The van der Waals surface area contributed by atoms with Gasteiger partial charge in [-0.25, -0.2) is 0 Å². The van der Waals surface area contributed by atoms with Crippen molar-refractivity contribution in [1.29, 1.82) is 0 Å². The molecule has 1 N–H and O–H groups in total. The van der Waals surface area contributed by atoms with E-state index in [0.717, 1.165) is 32.4 Å². The van der Waals surface area contributed by atoms with E-state index in [1.165, 1.54) is 0 Å². The number of ether oxygens (including phenoxy) is 2. The number of nitrogens with zero attached hydrogens (tertiary/aromatic N) is 1. The van der Waals surface area contributed by atoms with Crippen molar-refractivity contribution in [2.24, 2.45) is 0 Å². The highest BCUT2D eigenvalue weighted by Crippen LogP contribution is 2.12. The minimum Gasteiger partial charge on any atom is -0.382 e. The molecule has 5 heteroatoms. The van der Waals surface area contributed by atoms with Crippen molar-refractivity contribution in [2.45, 2.75) is 45.2 Å². The minimum absolute atomic E-state index is 0.00293. The monoisotopic (exact) mass is 272 g/mol. The van der Waals surface area contributed by atoms with Crippen LogP contribution in [0, 0.1) is 0 Å². The van der Waals surface area contributed by atoms with Crippen LogP contribution in [0.4, 0.5) is 0 Å². The SMILES string of the molecule is COCCOCCCN1CCCC(NC(C)C)C1=O. The van der Waals surface area contributed by atoms with E-state index in [-0.39, 0.29) is 11.9 Å². The molecule has 1 rings (SSSR count). The van der Waals surface area contributed by atoms with Gasteiger partial charge >= 0.3 is 0 Å². The van der Waals surface area contributed by atoms with E-state index >= 15 is 0 Å². The van der Waals surface area contributed by atoms with Crippen LogP contribution in [0.2, 0.25) is 0 Å².